The minimum Gasteiger partial charge on any atom is -0.337 e. The summed E-state index contributed by atoms with van der Waals surface area (Å²) in [6.07, 6.45) is 1.62. The zero-order valence-electron chi connectivity index (χ0n) is 17.4. The van der Waals surface area contributed by atoms with E-state index in [9.17, 15) is 9.59 Å². The molecule has 0 N–H and O–H groups in total. The molecule has 0 radical (unpaired) electrons. The van der Waals surface area contributed by atoms with Crippen LogP contribution in [-0.2, 0) is 7.05 Å². The van der Waals surface area contributed by atoms with Crippen molar-refractivity contribution >= 4 is 5.91 Å². The van der Waals surface area contributed by atoms with E-state index in [2.05, 4.69) is 15.0 Å². The second kappa shape index (κ2) is 8.23. The Kier molecular flexibility index (Phi) is 5.50. The van der Waals surface area contributed by atoms with Crippen LogP contribution in [0.5, 0.6) is 0 Å². The van der Waals surface area contributed by atoms with Gasteiger partial charge in [-0.1, -0.05) is 35.0 Å². The second-order valence-corrected chi connectivity index (χ2v) is 7.69. The molecule has 3 aromatic rings. The molecule has 156 valence electrons. The van der Waals surface area contributed by atoms with Crippen molar-refractivity contribution in [3.63, 3.8) is 0 Å². The third-order valence-corrected chi connectivity index (χ3v) is 5.61. The first-order valence-electron chi connectivity index (χ1n) is 10.0. The van der Waals surface area contributed by atoms with Crippen LogP contribution in [0.25, 0.3) is 11.4 Å². The Morgan fingerprint density at radius 2 is 1.80 bits per heavy atom. The van der Waals surface area contributed by atoms with Crippen LogP contribution in [0.1, 0.15) is 34.8 Å². The van der Waals surface area contributed by atoms with Crippen LogP contribution >= 0.6 is 0 Å². The van der Waals surface area contributed by atoms with E-state index in [0.29, 0.717) is 43.5 Å². The number of hydrogen-bond acceptors (Lipinski definition) is 6. The number of rotatable bonds is 4. The molecule has 1 fully saturated rings. The molecule has 3 heterocycles. The van der Waals surface area contributed by atoms with E-state index in [-0.39, 0.29) is 17.5 Å². The molecule has 4 rings (SSSR count). The molecule has 0 saturated carbocycles. The average molecular weight is 407 g/mol. The lowest BCUT2D eigenvalue weighted by Crippen LogP contribution is -2.49. The van der Waals surface area contributed by atoms with Crippen molar-refractivity contribution in [3.05, 3.63) is 70.0 Å². The van der Waals surface area contributed by atoms with Crippen molar-refractivity contribution < 1.29 is 9.32 Å². The lowest BCUT2D eigenvalue weighted by atomic mass is 10.1. The highest BCUT2D eigenvalue weighted by Crippen LogP contribution is 2.24. The third kappa shape index (κ3) is 4.04. The smallest absolute Gasteiger partial charge is 0.254 e. The summed E-state index contributed by atoms with van der Waals surface area (Å²) >= 11 is 0. The molecule has 1 atom stereocenters. The normalized spacial score (nSPS) is 15.9. The first-order chi connectivity index (χ1) is 14.4. The maximum Gasteiger partial charge on any atom is 0.254 e. The summed E-state index contributed by atoms with van der Waals surface area (Å²) in [4.78, 5) is 33.1. The summed E-state index contributed by atoms with van der Waals surface area (Å²) in [6.45, 7) is 6.62. The first-order valence-corrected chi connectivity index (χ1v) is 10.0. The van der Waals surface area contributed by atoms with Crippen LogP contribution < -0.4 is 5.56 Å². The molecule has 1 saturated heterocycles. The highest BCUT2D eigenvalue weighted by molar-refractivity contribution is 5.94. The van der Waals surface area contributed by atoms with E-state index in [1.54, 1.807) is 24.2 Å². The van der Waals surface area contributed by atoms with Gasteiger partial charge in [0.2, 0.25) is 11.7 Å². The molecule has 2 aromatic heterocycles. The Hall–Kier alpha value is -3.26. The predicted octanol–water partition coefficient (Wildman–Crippen LogP) is 2.26. The van der Waals surface area contributed by atoms with Crippen molar-refractivity contribution in [2.45, 2.75) is 19.9 Å². The Labute approximate surface area is 174 Å². The lowest BCUT2D eigenvalue weighted by Gasteiger charge is -2.36. The first kappa shape index (κ1) is 20.0. The van der Waals surface area contributed by atoms with Gasteiger partial charge in [0, 0.05) is 56.6 Å². The number of piperazine rings is 1. The summed E-state index contributed by atoms with van der Waals surface area (Å²) < 4.78 is 6.96. The Balaban J connectivity index is 1.39. The molecule has 1 aliphatic rings. The maximum atomic E-state index is 12.7. The standard InChI is InChI=1S/C22H25N5O3/c1-15-4-6-17(7-5-15)20-23-21(30-24-20)16(2)26-10-12-27(13-11-26)22(29)18-8-9-25(3)19(28)14-18/h4-9,14,16H,10-13H2,1-3H3/t16-/m1/s1. The number of carbonyl (C=O) groups is 1. The summed E-state index contributed by atoms with van der Waals surface area (Å²) in [5, 5.41) is 4.12. The van der Waals surface area contributed by atoms with E-state index >= 15 is 0 Å². The number of aromatic nitrogens is 3. The number of aryl methyl sites for hydroxylation is 2. The van der Waals surface area contributed by atoms with Gasteiger partial charge in [0.15, 0.2) is 0 Å². The van der Waals surface area contributed by atoms with Crippen molar-refractivity contribution in [1.82, 2.24) is 24.5 Å². The van der Waals surface area contributed by atoms with E-state index in [1.165, 1.54) is 16.2 Å². The van der Waals surface area contributed by atoms with E-state index in [0.717, 1.165) is 5.56 Å². The summed E-state index contributed by atoms with van der Waals surface area (Å²) in [5.41, 5.74) is 2.35. The van der Waals surface area contributed by atoms with Crippen LogP contribution in [-0.4, -0.2) is 56.6 Å². The number of pyridine rings is 1. The highest BCUT2D eigenvalue weighted by atomic mass is 16.5. The molecule has 1 aromatic carbocycles. The number of carbonyl (C=O) groups excluding carboxylic acids is 1. The maximum absolute atomic E-state index is 12.7. The van der Waals surface area contributed by atoms with Gasteiger partial charge in [-0.15, -0.1) is 0 Å². The fourth-order valence-electron chi connectivity index (χ4n) is 3.56. The zero-order valence-corrected chi connectivity index (χ0v) is 17.4. The zero-order chi connectivity index (χ0) is 21.3. The summed E-state index contributed by atoms with van der Waals surface area (Å²) in [7, 11) is 1.67. The molecular formula is C22H25N5O3. The van der Waals surface area contributed by atoms with Gasteiger partial charge in [0.05, 0.1) is 6.04 Å². The molecule has 0 aliphatic carbocycles. The summed E-state index contributed by atoms with van der Waals surface area (Å²) in [5.74, 6) is 1.03. The topological polar surface area (TPSA) is 84.5 Å². The highest BCUT2D eigenvalue weighted by Gasteiger charge is 2.28. The van der Waals surface area contributed by atoms with Gasteiger partial charge in [0.25, 0.3) is 11.5 Å². The predicted molar refractivity (Wildman–Crippen MR) is 112 cm³/mol. The van der Waals surface area contributed by atoms with Gasteiger partial charge < -0.3 is 14.0 Å². The Morgan fingerprint density at radius 1 is 1.10 bits per heavy atom. The molecule has 1 aliphatic heterocycles. The van der Waals surface area contributed by atoms with Gasteiger partial charge >= 0.3 is 0 Å². The fourth-order valence-corrected chi connectivity index (χ4v) is 3.56. The summed E-state index contributed by atoms with van der Waals surface area (Å²) in [6, 6.07) is 11.0. The molecule has 0 unspecified atom stereocenters. The van der Waals surface area contributed by atoms with Crippen molar-refractivity contribution in [1.29, 1.82) is 0 Å². The van der Waals surface area contributed by atoms with Gasteiger partial charge in [0.1, 0.15) is 0 Å². The Bertz CT molecular complexity index is 1090. The quantitative estimate of drug-likeness (QED) is 0.660. The average Bonchev–Trinajstić information content (AvgIpc) is 3.25. The second-order valence-electron chi connectivity index (χ2n) is 7.69. The van der Waals surface area contributed by atoms with Crippen molar-refractivity contribution in [2.24, 2.45) is 7.05 Å². The minimum atomic E-state index is -0.186. The van der Waals surface area contributed by atoms with Crippen LogP contribution in [0.3, 0.4) is 0 Å². The third-order valence-electron chi connectivity index (χ3n) is 5.61. The number of nitrogens with zero attached hydrogens (tertiary/aromatic N) is 5. The number of amides is 1. The minimum absolute atomic E-state index is 0.0435. The van der Waals surface area contributed by atoms with Crippen LogP contribution in [0.15, 0.2) is 51.9 Å². The molecule has 0 spiro atoms. The molecule has 1 amide bonds. The Morgan fingerprint density at radius 3 is 2.47 bits per heavy atom. The van der Waals surface area contributed by atoms with Crippen LogP contribution in [0.4, 0.5) is 0 Å². The lowest BCUT2D eigenvalue weighted by molar-refractivity contribution is 0.0551. The van der Waals surface area contributed by atoms with Crippen LogP contribution in [0.2, 0.25) is 0 Å². The van der Waals surface area contributed by atoms with Gasteiger partial charge in [-0.25, -0.2) is 0 Å². The molecule has 0 bridgehead atoms. The number of benzene rings is 1. The monoisotopic (exact) mass is 407 g/mol. The van der Waals surface area contributed by atoms with E-state index in [4.69, 9.17) is 4.52 Å². The van der Waals surface area contributed by atoms with Crippen LogP contribution in [0, 0.1) is 6.92 Å². The van der Waals surface area contributed by atoms with Crippen molar-refractivity contribution in [2.75, 3.05) is 26.2 Å². The largest absolute Gasteiger partial charge is 0.337 e. The fraction of sp³-hybridized carbons (Fsp3) is 0.364. The van der Waals surface area contributed by atoms with Crippen molar-refractivity contribution in [3.8, 4) is 11.4 Å². The molecule has 8 heteroatoms. The van der Waals surface area contributed by atoms with Gasteiger partial charge in [-0.2, -0.15) is 4.98 Å². The number of hydrogen-bond donors (Lipinski definition) is 0. The molecule has 30 heavy (non-hydrogen) atoms. The molecular weight excluding hydrogens is 382 g/mol. The SMILES string of the molecule is Cc1ccc(-c2noc([C@@H](C)N3CCN(C(=O)c4ccn(C)c(=O)c4)CC3)n2)cc1. The van der Waals surface area contributed by atoms with Gasteiger partial charge in [-0.3, -0.25) is 14.5 Å². The molecule has 8 nitrogen and oxygen atoms in total. The van der Waals surface area contributed by atoms with E-state index in [1.807, 2.05) is 38.1 Å². The van der Waals surface area contributed by atoms with E-state index < -0.39 is 0 Å². The van der Waals surface area contributed by atoms with Gasteiger partial charge in [-0.05, 0) is 19.9 Å².